The fourth-order valence-corrected chi connectivity index (χ4v) is 5.79. The maximum atomic E-state index is 13.4. The van der Waals surface area contributed by atoms with E-state index in [0.717, 1.165) is 46.2 Å². The van der Waals surface area contributed by atoms with Crippen molar-refractivity contribution in [2.45, 2.75) is 51.5 Å². The number of aryl methyl sites for hydroxylation is 1. The van der Waals surface area contributed by atoms with Crippen LogP contribution in [0.15, 0.2) is 12.1 Å². The number of fused-ring (bicyclic) bond motifs is 5. The highest BCUT2D eigenvalue weighted by Gasteiger charge is 2.53. The highest BCUT2D eigenvalue weighted by atomic mass is 32.1. The Hall–Kier alpha value is -1.26. The molecule has 1 aromatic carbocycles. The van der Waals surface area contributed by atoms with E-state index in [9.17, 15) is 4.79 Å². The van der Waals surface area contributed by atoms with E-state index in [1.807, 2.05) is 6.92 Å². The molecule has 2 aromatic rings. The van der Waals surface area contributed by atoms with E-state index in [-0.39, 0.29) is 11.5 Å². The van der Waals surface area contributed by atoms with Gasteiger partial charge in [-0.3, -0.25) is 9.69 Å². The Morgan fingerprint density at radius 1 is 1.38 bits per heavy atom. The minimum atomic E-state index is 0.0725. The van der Waals surface area contributed by atoms with Crippen LogP contribution >= 0.6 is 11.3 Å². The molecular weight excluding hydrogens is 316 g/mol. The van der Waals surface area contributed by atoms with Crippen molar-refractivity contribution in [1.82, 2.24) is 9.88 Å². The number of aromatic nitrogens is 1. The van der Waals surface area contributed by atoms with Crippen molar-refractivity contribution >= 4 is 27.3 Å². The van der Waals surface area contributed by atoms with E-state index in [4.69, 9.17) is 0 Å². The molecule has 24 heavy (non-hydrogen) atoms. The molecule has 1 unspecified atom stereocenters. The van der Waals surface area contributed by atoms with Crippen LogP contribution in [0.4, 0.5) is 0 Å². The van der Waals surface area contributed by atoms with Crippen molar-refractivity contribution in [3.8, 4) is 0 Å². The zero-order chi connectivity index (χ0) is 16.6. The van der Waals surface area contributed by atoms with Crippen molar-refractivity contribution in [2.75, 3.05) is 13.1 Å². The number of nitrogens with zero attached hydrogens (tertiary/aromatic N) is 2. The summed E-state index contributed by atoms with van der Waals surface area (Å²) in [4.78, 5) is 20.6. The fraction of sp³-hybridized carbons (Fsp3) is 0.600. The molecular formula is C20H24N2OS. The normalized spacial score (nSPS) is 33.0. The van der Waals surface area contributed by atoms with Gasteiger partial charge in [-0.1, -0.05) is 13.8 Å². The zero-order valence-corrected chi connectivity index (χ0v) is 15.4. The number of piperidine rings is 1. The number of hydrogen-bond donors (Lipinski definition) is 0. The number of hydrogen-bond acceptors (Lipinski definition) is 4. The van der Waals surface area contributed by atoms with E-state index in [1.54, 1.807) is 11.3 Å². The molecule has 0 spiro atoms. The Balaban J connectivity index is 1.67. The third kappa shape index (κ3) is 1.99. The first kappa shape index (κ1) is 15.0. The van der Waals surface area contributed by atoms with Gasteiger partial charge in [-0.2, -0.15) is 0 Å². The lowest BCUT2D eigenvalue weighted by Crippen LogP contribution is -2.61. The Morgan fingerprint density at radius 2 is 2.17 bits per heavy atom. The first-order valence-corrected chi connectivity index (χ1v) is 9.99. The van der Waals surface area contributed by atoms with E-state index in [2.05, 4.69) is 35.9 Å². The molecule has 0 N–H and O–H groups in total. The van der Waals surface area contributed by atoms with Crippen molar-refractivity contribution in [2.24, 2.45) is 11.8 Å². The SMILES string of the molecule is Cc1nc2cc3c(cc2s1)C(=O)C1[C@H](C)[C@@]3(C)CCN1CC1CC1. The zero-order valence-electron chi connectivity index (χ0n) is 14.6. The van der Waals surface area contributed by atoms with Gasteiger partial charge in [0.05, 0.1) is 21.3 Å². The van der Waals surface area contributed by atoms with Gasteiger partial charge < -0.3 is 0 Å². The number of ketones is 1. The lowest BCUT2D eigenvalue weighted by Gasteiger charge is -2.53. The number of benzene rings is 1. The predicted octanol–water partition coefficient (Wildman–Crippen LogP) is 4.18. The standard InChI is InChI=1S/C20H24N2OS/c1-11-18-19(23)14-8-17-16(21-12(2)24-17)9-15(14)20(11,3)6-7-22(18)10-13-4-5-13/h8-9,11,13,18H,4-7,10H2,1-3H3/t11-,18?,20+/m0/s1. The average molecular weight is 340 g/mol. The van der Waals surface area contributed by atoms with Crippen molar-refractivity contribution in [1.29, 1.82) is 0 Å². The van der Waals surface area contributed by atoms with Gasteiger partial charge in [0, 0.05) is 12.1 Å². The van der Waals surface area contributed by atoms with Gasteiger partial charge in [-0.15, -0.1) is 11.3 Å². The molecule has 1 saturated carbocycles. The third-order valence-corrected chi connectivity index (χ3v) is 7.70. The summed E-state index contributed by atoms with van der Waals surface area (Å²) in [6.07, 6.45) is 3.84. The maximum Gasteiger partial charge on any atom is 0.180 e. The highest BCUT2D eigenvalue weighted by Crippen LogP contribution is 2.50. The molecule has 2 aliphatic carbocycles. The second-order valence-corrected chi connectivity index (χ2v) is 9.54. The van der Waals surface area contributed by atoms with Crippen LogP contribution in [0.5, 0.6) is 0 Å². The largest absolute Gasteiger partial charge is 0.293 e. The van der Waals surface area contributed by atoms with Gasteiger partial charge >= 0.3 is 0 Å². The van der Waals surface area contributed by atoms with Crippen LogP contribution in [-0.4, -0.2) is 34.8 Å². The van der Waals surface area contributed by atoms with E-state index in [1.165, 1.54) is 18.4 Å². The molecule has 0 radical (unpaired) electrons. The minimum absolute atomic E-state index is 0.0725. The Bertz CT molecular complexity index is 853. The van der Waals surface area contributed by atoms with E-state index < -0.39 is 0 Å². The second kappa shape index (κ2) is 4.89. The van der Waals surface area contributed by atoms with Crippen LogP contribution in [0.3, 0.4) is 0 Å². The van der Waals surface area contributed by atoms with E-state index >= 15 is 0 Å². The quantitative estimate of drug-likeness (QED) is 0.822. The van der Waals surface area contributed by atoms with Gasteiger partial charge in [0.25, 0.3) is 0 Å². The van der Waals surface area contributed by atoms with Crippen LogP contribution in [-0.2, 0) is 5.41 Å². The summed E-state index contributed by atoms with van der Waals surface area (Å²) in [6, 6.07) is 4.42. The molecule has 2 bridgehead atoms. The summed E-state index contributed by atoms with van der Waals surface area (Å²) in [7, 11) is 0. The van der Waals surface area contributed by atoms with Crippen LogP contribution in [0.2, 0.25) is 0 Å². The fourth-order valence-electron chi connectivity index (χ4n) is 4.94. The summed E-state index contributed by atoms with van der Waals surface area (Å²) >= 11 is 1.70. The first-order valence-electron chi connectivity index (χ1n) is 9.17. The maximum absolute atomic E-state index is 13.4. The number of likely N-dealkylation sites (tertiary alicyclic amines) is 1. The number of carbonyl (C=O) groups excluding carboxylic acids is 1. The topological polar surface area (TPSA) is 33.2 Å². The Labute approximate surface area is 147 Å². The molecule has 4 heteroatoms. The smallest absolute Gasteiger partial charge is 0.180 e. The van der Waals surface area contributed by atoms with Crippen LogP contribution < -0.4 is 0 Å². The minimum Gasteiger partial charge on any atom is -0.293 e. The lowest BCUT2D eigenvalue weighted by atomic mass is 9.58. The molecule has 2 heterocycles. The molecule has 126 valence electrons. The average Bonchev–Trinajstić information content (AvgIpc) is 3.27. The highest BCUT2D eigenvalue weighted by molar-refractivity contribution is 7.18. The number of thiazole rings is 1. The third-order valence-electron chi connectivity index (χ3n) is 6.76. The van der Waals surface area contributed by atoms with Crippen molar-refractivity contribution in [3.05, 3.63) is 28.3 Å². The molecule has 3 atom stereocenters. The summed E-state index contributed by atoms with van der Waals surface area (Å²) in [5, 5.41) is 1.08. The summed E-state index contributed by atoms with van der Waals surface area (Å²) in [6.45, 7) is 8.89. The molecule has 1 saturated heterocycles. The van der Waals surface area contributed by atoms with Crippen molar-refractivity contribution in [3.63, 3.8) is 0 Å². The van der Waals surface area contributed by atoms with Gasteiger partial charge in [0.15, 0.2) is 5.78 Å². The molecule has 2 fully saturated rings. The first-order chi connectivity index (χ1) is 11.5. The number of Topliss-reactive ketones (excluding diaryl/α,β-unsaturated/α-hetero) is 1. The summed E-state index contributed by atoms with van der Waals surface area (Å²) < 4.78 is 1.16. The molecule has 1 aromatic heterocycles. The van der Waals surface area contributed by atoms with Crippen LogP contribution in [0.1, 0.15) is 54.0 Å². The second-order valence-electron chi connectivity index (χ2n) is 8.30. The Kier molecular flexibility index (Phi) is 3.06. The van der Waals surface area contributed by atoms with E-state index in [0.29, 0.717) is 11.7 Å². The summed E-state index contributed by atoms with van der Waals surface area (Å²) in [5.41, 5.74) is 3.38. The van der Waals surface area contributed by atoms with Gasteiger partial charge in [0.1, 0.15) is 0 Å². The van der Waals surface area contributed by atoms with Gasteiger partial charge in [-0.05, 0) is 67.7 Å². The van der Waals surface area contributed by atoms with Crippen molar-refractivity contribution < 1.29 is 4.79 Å². The Morgan fingerprint density at radius 3 is 2.92 bits per heavy atom. The number of carbonyl (C=O) groups is 1. The molecule has 5 rings (SSSR count). The monoisotopic (exact) mass is 340 g/mol. The van der Waals surface area contributed by atoms with Crippen LogP contribution in [0.25, 0.3) is 10.2 Å². The van der Waals surface area contributed by atoms with Gasteiger partial charge in [-0.25, -0.2) is 4.98 Å². The molecule has 1 aliphatic heterocycles. The van der Waals surface area contributed by atoms with Crippen LogP contribution in [0, 0.1) is 18.8 Å². The predicted molar refractivity (Wildman–Crippen MR) is 97.9 cm³/mol. The molecule has 3 nitrogen and oxygen atoms in total. The molecule has 0 amide bonds. The molecule has 3 aliphatic rings. The summed E-state index contributed by atoms with van der Waals surface area (Å²) in [5.74, 6) is 1.56. The van der Waals surface area contributed by atoms with Gasteiger partial charge in [0.2, 0.25) is 0 Å². The number of rotatable bonds is 2. The lowest BCUT2D eigenvalue weighted by molar-refractivity contribution is 0.0267.